The Balaban J connectivity index is 3.88. The average molecular weight is 232 g/mol. The van der Waals surface area contributed by atoms with Crippen molar-refractivity contribution in [1.82, 2.24) is 10.6 Å². The van der Waals surface area contributed by atoms with Gasteiger partial charge in [0.1, 0.15) is 0 Å². The van der Waals surface area contributed by atoms with Crippen LogP contribution in [0.3, 0.4) is 0 Å². The van der Waals surface area contributed by atoms with Crippen LogP contribution in [0.15, 0.2) is 0 Å². The number of carbonyl (C=O) groups is 1. The Bertz CT molecular complexity index is 195. The number of carbonyl (C=O) groups excluding carboxylic acids is 1. The molecule has 1 atom stereocenters. The van der Waals surface area contributed by atoms with E-state index in [1.807, 2.05) is 20.8 Å². The van der Waals surface area contributed by atoms with Gasteiger partial charge in [0, 0.05) is 17.8 Å². The first-order valence-corrected chi connectivity index (χ1v) is 6.86. The minimum atomic E-state index is -0.108. The minimum Gasteiger partial charge on any atom is -0.350 e. The van der Waals surface area contributed by atoms with Crippen LogP contribution in [0, 0.1) is 0 Å². The lowest BCUT2D eigenvalue weighted by Crippen LogP contribution is -2.51. The molecule has 0 saturated carbocycles. The number of rotatable bonds is 7. The molecule has 0 aliphatic heterocycles. The highest BCUT2D eigenvalue weighted by atomic mass is 32.2. The molecule has 1 amide bonds. The Kier molecular flexibility index (Phi) is 7.02. The molecule has 3 nitrogen and oxygen atoms in total. The van der Waals surface area contributed by atoms with E-state index in [1.54, 1.807) is 11.8 Å². The zero-order valence-electron chi connectivity index (χ0n) is 10.5. The lowest BCUT2D eigenvalue weighted by molar-refractivity contribution is -0.124. The van der Waals surface area contributed by atoms with Crippen molar-refractivity contribution in [1.29, 1.82) is 0 Å². The van der Waals surface area contributed by atoms with Crippen molar-refractivity contribution in [2.75, 3.05) is 18.6 Å². The van der Waals surface area contributed by atoms with Crippen LogP contribution in [0.5, 0.6) is 0 Å². The molecule has 0 aliphatic carbocycles. The molecule has 0 radical (unpaired) electrons. The largest absolute Gasteiger partial charge is 0.350 e. The normalized spacial score (nSPS) is 13.7. The van der Waals surface area contributed by atoms with Crippen molar-refractivity contribution in [2.45, 2.75) is 45.7 Å². The van der Waals surface area contributed by atoms with E-state index >= 15 is 0 Å². The molecule has 0 fully saturated rings. The SMILES string of the molecule is CCC(C)(C)NC(=O)C(C)NCCSC. The molecule has 1 unspecified atom stereocenters. The molecule has 0 rings (SSSR count). The van der Waals surface area contributed by atoms with Gasteiger partial charge in [-0.15, -0.1) is 0 Å². The number of hydrogen-bond acceptors (Lipinski definition) is 3. The second-order valence-electron chi connectivity index (χ2n) is 4.40. The van der Waals surface area contributed by atoms with Crippen LogP contribution in [0.25, 0.3) is 0 Å². The van der Waals surface area contributed by atoms with Crippen LogP contribution >= 0.6 is 11.8 Å². The lowest BCUT2D eigenvalue weighted by atomic mass is 10.0. The first-order valence-electron chi connectivity index (χ1n) is 5.47. The van der Waals surface area contributed by atoms with E-state index in [-0.39, 0.29) is 17.5 Å². The Morgan fingerprint density at radius 1 is 1.47 bits per heavy atom. The van der Waals surface area contributed by atoms with Gasteiger partial charge < -0.3 is 10.6 Å². The first kappa shape index (κ1) is 14.8. The van der Waals surface area contributed by atoms with Crippen LogP contribution in [-0.2, 0) is 4.79 Å². The quantitative estimate of drug-likeness (QED) is 0.656. The third kappa shape index (κ3) is 6.79. The van der Waals surface area contributed by atoms with Crippen LogP contribution in [0.1, 0.15) is 34.1 Å². The summed E-state index contributed by atoms with van der Waals surface area (Å²) in [6.45, 7) is 8.94. The maximum atomic E-state index is 11.7. The number of amides is 1. The third-order valence-corrected chi connectivity index (χ3v) is 3.11. The summed E-state index contributed by atoms with van der Waals surface area (Å²) < 4.78 is 0. The fraction of sp³-hybridized carbons (Fsp3) is 0.909. The first-order chi connectivity index (χ1) is 6.93. The highest BCUT2D eigenvalue weighted by Gasteiger charge is 2.20. The number of nitrogens with one attached hydrogen (secondary N) is 2. The topological polar surface area (TPSA) is 41.1 Å². The van der Waals surface area contributed by atoms with E-state index in [4.69, 9.17) is 0 Å². The van der Waals surface area contributed by atoms with Gasteiger partial charge >= 0.3 is 0 Å². The molecular formula is C11H24N2OS. The molecule has 2 N–H and O–H groups in total. The molecule has 0 aromatic heterocycles. The molecule has 0 spiro atoms. The van der Waals surface area contributed by atoms with Gasteiger partial charge in [-0.25, -0.2) is 0 Å². The molecule has 0 aromatic carbocycles. The van der Waals surface area contributed by atoms with E-state index < -0.39 is 0 Å². The molecule has 0 saturated heterocycles. The van der Waals surface area contributed by atoms with Crippen molar-refractivity contribution in [3.63, 3.8) is 0 Å². The van der Waals surface area contributed by atoms with Gasteiger partial charge in [-0.2, -0.15) is 11.8 Å². The molecule has 0 heterocycles. The predicted molar refractivity (Wildman–Crippen MR) is 68.4 cm³/mol. The Labute approximate surface area is 97.8 Å². The highest BCUT2D eigenvalue weighted by molar-refractivity contribution is 7.98. The van der Waals surface area contributed by atoms with E-state index in [9.17, 15) is 4.79 Å². The molecule has 15 heavy (non-hydrogen) atoms. The fourth-order valence-electron chi connectivity index (χ4n) is 1.00. The van der Waals surface area contributed by atoms with Crippen LogP contribution in [-0.4, -0.2) is 36.0 Å². The summed E-state index contributed by atoms with van der Waals surface area (Å²) in [6, 6.07) is -0.108. The van der Waals surface area contributed by atoms with Crippen LogP contribution in [0.2, 0.25) is 0 Å². The lowest BCUT2D eigenvalue weighted by Gasteiger charge is -2.26. The number of hydrogen-bond donors (Lipinski definition) is 2. The third-order valence-electron chi connectivity index (χ3n) is 2.50. The van der Waals surface area contributed by atoms with Crippen molar-refractivity contribution in [3.05, 3.63) is 0 Å². The van der Waals surface area contributed by atoms with E-state index in [1.165, 1.54) is 0 Å². The summed E-state index contributed by atoms with van der Waals surface area (Å²) in [7, 11) is 0. The van der Waals surface area contributed by atoms with Gasteiger partial charge in [-0.1, -0.05) is 6.92 Å². The molecule has 4 heteroatoms. The summed E-state index contributed by atoms with van der Waals surface area (Å²) in [5.74, 6) is 1.12. The molecule has 0 aromatic rings. The maximum absolute atomic E-state index is 11.7. The summed E-state index contributed by atoms with van der Waals surface area (Å²) >= 11 is 1.78. The van der Waals surface area contributed by atoms with Gasteiger partial charge in [0.15, 0.2) is 0 Å². The van der Waals surface area contributed by atoms with Gasteiger partial charge in [0.2, 0.25) is 5.91 Å². The molecule has 0 aliphatic rings. The number of thioether (sulfide) groups is 1. The summed E-state index contributed by atoms with van der Waals surface area (Å²) in [5.41, 5.74) is -0.105. The summed E-state index contributed by atoms with van der Waals surface area (Å²) in [6.07, 6.45) is 3.00. The van der Waals surface area contributed by atoms with Crippen molar-refractivity contribution in [2.24, 2.45) is 0 Å². The predicted octanol–water partition coefficient (Wildman–Crippen LogP) is 1.63. The van der Waals surface area contributed by atoms with E-state index in [0.717, 1.165) is 18.7 Å². The van der Waals surface area contributed by atoms with Crippen molar-refractivity contribution in [3.8, 4) is 0 Å². The second-order valence-corrected chi connectivity index (χ2v) is 5.38. The summed E-state index contributed by atoms with van der Waals surface area (Å²) in [4.78, 5) is 11.7. The monoisotopic (exact) mass is 232 g/mol. The molecular weight excluding hydrogens is 208 g/mol. The maximum Gasteiger partial charge on any atom is 0.237 e. The molecule has 0 bridgehead atoms. The van der Waals surface area contributed by atoms with Crippen LogP contribution < -0.4 is 10.6 Å². The Hall–Kier alpha value is -0.220. The van der Waals surface area contributed by atoms with Gasteiger partial charge in [-0.05, 0) is 33.4 Å². The smallest absolute Gasteiger partial charge is 0.237 e. The van der Waals surface area contributed by atoms with Crippen LogP contribution in [0.4, 0.5) is 0 Å². The van der Waals surface area contributed by atoms with Gasteiger partial charge in [-0.3, -0.25) is 4.79 Å². The zero-order valence-corrected chi connectivity index (χ0v) is 11.3. The van der Waals surface area contributed by atoms with Gasteiger partial charge in [0.25, 0.3) is 0 Å². The minimum absolute atomic E-state index is 0.0861. The zero-order chi connectivity index (χ0) is 11.9. The summed E-state index contributed by atoms with van der Waals surface area (Å²) in [5, 5.41) is 6.22. The molecule has 90 valence electrons. The van der Waals surface area contributed by atoms with E-state index in [0.29, 0.717) is 0 Å². The fourth-order valence-corrected chi connectivity index (χ4v) is 1.32. The van der Waals surface area contributed by atoms with Gasteiger partial charge in [0.05, 0.1) is 6.04 Å². The Morgan fingerprint density at radius 2 is 2.07 bits per heavy atom. The Morgan fingerprint density at radius 3 is 2.53 bits per heavy atom. The van der Waals surface area contributed by atoms with E-state index in [2.05, 4.69) is 23.8 Å². The standard InChI is InChI=1S/C11H24N2OS/c1-6-11(3,4)13-10(14)9(2)12-7-8-15-5/h9,12H,6-8H2,1-5H3,(H,13,14). The second kappa shape index (κ2) is 7.12. The highest BCUT2D eigenvalue weighted by Crippen LogP contribution is 2.06. The average Bonchev–Trinajstić information content (AvgIpc) is 2.17. The van der Waals surface area contributed by atoms with Crippen molar-refractivity contribution >= 4 is 17.7 Å². The van der Waals surface area contributed by atoms with Crippen molar-refractivity contribution < 1.29 is 4.79 Å².